The third kappa shape index (κ3) is 4.80. The Morgan fingerprint density at radius 2 is 2.00 bits per heavy atom. The summed E-state index contributed by atoms with van der Waals surface area (Å²) in [5.41, 5.74) is 2.05. The zero-order chi connectivity index (χ0) is 23.5. The number of fused-ring (bicyclic) bond motifs is 1. The molecule has 11 heteroatoms. The van der Waals surface area contributed by atoms with Crippen molar-refractivity contribution in [3.05, 3.63) is 48.3 Å². The molecular weight excluding hydrogens is 457 g/mol. The fourth-order valence-electron chi connectivity index (χ4n) is 4.32. The highest BCUT2D eigenvalue weighted by molar-refractivity contribution is 7.80. The van der Waals surface area contributed by atoms with Gasteiger partial charge in [-0.1, -0.05) is 17.3 Å². The van der Waals surface area contributed by atoms with E-state index in [9.17, 15) is 9.18 Å². The highest BCUT2D eigenvalue weighted by Gasteiger charge is 2.33. The zero-order valence-electron chi connectivity index (χ0n) is 18.6. The molecule has 3 heterocycles. The molecule has 1 aromatic heterocycles. The molecule has 1 atom stereocenters. The largest absolute Gasteiger partial charge is 0.442 e. The van der Waals surface area contributed by atoms with Crippen molar-refractivity contribution in [2.45, 2.75) is 18.9 Å². The lowest BCUT2D eigenvalue weighted by Gasteiger charge is -2.17. The van der Waals surface area contributed by atoms with Gasteiger partial charge in [-0.25, -0.2) is 13.9 Å². The molecule has 2 N–H and O–H groups in total. The number of cyclic esters (lactones) is 1. The summed E-state index contributed by atoms with van der Waals surface area (Å²) in [5.74, 6) is -0.508. The number of hydrogen-bond donors (Lipinski definition) is 2. The maximum Gasteiger partial charge on any atom is 0.414 e. The number of amides is 1. The van der Waals surface area contributed by atoms with Gasteiger partial charge in [0.05, 0.1) is 24.3 Å². The summed E-state index contributed by atoms with van der Waals surface area (Å²) in [6.45, 7) is 4.70. The Morgan fingerprint density at radius 3 is 2.82 bits per heavy atom. The van der Waals surface area contributed by atoms with E-state index in [1.165, 1.54) is 28.5 Å². The number of carbonyl (C=O) groups is 1. The lowest BCUT2D eigenvalue weighted by atomic mass is 10.2. The minimum absolute atomic E-state index is 0.258. The molecule has 3 aromatic rings. The summed E-state index contributed by atoms with van der Waals surface area (Å²) in [6, 6.07) is 11.9. The first-order valence-corrected chi connectivity index (χ1v) is 11.8. The van der Waals surface area contributed by atoms with Gasteiger partial charge in [0.25, 0.3) is 0 Å². The number of thiocarbonyl (C=S) groups is 1. The van der Waals surface area contributed by atoms with E-state index in [1.807, 2.05) is 24.3 Å². The van der Waals surface area contributed by atoms with Crippen molar-refractivity contribution in [2.24, 2.45) is 0 Å². The van der Waals surface area contributed by atoms with Crippen LogP contribution in [-0.2, 0) is 4.74 Å². The van der Waals surface area contributed by atoms with Crippen LogP contribution in [0.2, 0.25) is 0 Å². The first kappa shape index (κ1) is 22.5. The van der Waals surface area contributed by atoms with Gasteiger partial charge in [0.1, 0.15) is 17.3 Å². The van der Waals surface area contributed by atoms with Crippen molar-refractivity contribution in [3.8, 4) is 5.69 Å². The van der Waals surface area contributed by atoms with E-state index in [0.717, 1.165) is 26.2 Å². The van der Waals surface area contributed by atoms with Gasteiger partial charge in [0.2, 0.25) is 0 Å². The molecule has 34 heavy (non-hydrogen) atoms. The number of likely N-dealkylation sites (tertiary alicyclic amines) is 1. The monoisotopic (exact) mass is 483 g/mol. The van der Waals surface area contributed by atoms with E-state index < -0.39 is 18.0 Å². The van der Waals surface area contributed by atoms with Gasteiger partial charge in [-0.15, -0.1) is 5.10 Å². The lowest BCUT2D eigenvalue weighted by Crippen LogP contribution is -2.43. The van der Waals surface area contributed by atoms with E-state index in [0.29, 0.717) is 34.9 Å². The predicted octanol–water partition coefficient (Wildman–Crippen LogP) is 2.44. The van der Waals surface area contributed by atoms with Crippen LogP contribution in [0.3, 0.4) is 0 Å². The number of nitrogens with zero attached hydrogens (tertiary/aromatic N) is 5. The van der Waals surface area contributed by atoms with Gasteiger partial charge in [-0.3, -0.25) is 4.90 Å². The van der Waals surface area contributed by atoms with Crippen LogP contribution in [0.4, 0.5) is 14.9 Å². The summed E-state index contributed by atoms with van der Waals surface area (Å²) in [4.78, 5) is 16.2. The minimum Gasteiger partial charge on any atom is -0.442 e. The number of ether oxygens (including phenoxy) is 1. The van der Waals surface area contributed by atoms with Crippen molar-refractivity contribution in [2.75, 3.05) is 44.2 Å². The van der Waals surface area contributed by atoms with Crippen molar-refractivity contribution in [1.82, 2.24) is 30.5 Å². The molecule has 5 rings (SSSR count). The summed E-state index contributed by atoms with van der Waals surface area (Å²) in [5, 5.41) is 14.9. The Kier molecular flexibility index (Phi) is 6.54. The summed E-state index contributed by atoms with van der Waals surface area (Å²) < 4.78 is 21.9. The van der Waals surface area contributed by atoms with Gasteiger partial charge in [0.15, 0.2) is 10.9 Å². The van der Waals surface area contributed by atoms with Crippen molar-refractivity contribution in [1.29, 1.82) is 0 Å². The van der Waals surface area contributed by atoms with Crippen molar-refractivity contribution < 1.29 is 13.9 Å². The Bertz CT molecular complexity index is 1200. The molecular formula is C23H26FN7O2S. The zero-order valence-corrected chi connectivity index (χ0v) is 19.4. The number of carbonyl (C=O) groups excluding carboxylic acids is 1. The Hall–Kier alpha value is -3.31. The van der Waals surface area contributed by atoms with Gasteiger partial charge < -0.3 is 20.3 Å². The number of aromatic nitrogens is 3. The number of hydrogen-bond acceptors (Lipinski definition) is 6. The standard InChI is InChI=1S/C23H26FN7O2S/c24-18-13-16(7-8-20(18)31-21-6-2-1-5-19(21)27-28-31)30-15-17(33-23(30)32)14-26-22(34)25-9-12-29-10-3-4-11-29/h1-2,5-8,13,17H,3-4,9-12,14-15H2,(H2,25,26,34)/t17-/m0/s1. The number of anilines is 1. The normalized spacial score (nSPS) is 18.4. The van der Waals surface area contributed by atoms with E-state index in [4.69, 9.17) is 17.0 Å². The SMILES string of the molecule is O=C1O[C@@H](CNC(=S)NCCN2CCCC2)CN1c1ccc(-n2nnc3ccccc32)c(F)c1. The van der Waals surface area contributed by atoms with Crippen LogP contribution in [0.15, 0.2) is 42.5 Å². The second-order valence-electron chi connectivity index (χ2n) is 8.43. The maximum absolute atomic E-state index is 15.0. The van der Waals surface area contributed by atoms with Crippen LogP contribution >= 0.6 is 12.2 Å². The maximum atomic E-state index is 15.0. The molecule has 0 aliphatic carbocycles. The fraction of sp³-hybridized carbons (Fsp3) is 0.391. The van der Waals surface area contributed by atoms with Crippen LogP contribution in [-0.4, -0.2) is 76.5 Å². The molecule has 1 amide bonds. The summed E-state index contributed by atoms with van der Waals surface area (Å²) >= 11 is 5.33. The quantitative estimate of drug-likeness (QED) is 0.496. The first-order chi connectivity index (χ1) is 16.6. The minimum atomic E-state index is -0.516. The topological polar surface area (TPSA) is 87.5 Å². The van der Waals surface area contributed by atoms with Crippen LogP contribution in [0.25, 0.3) is 16.7 Å². The summed E-state index contributed by atoms with van der Waals surface area (Å²) in [7, 11) is 0. The number of benzene rings is 2. The highest BCUT2D eigenvalue weighted by Crippen LogP contribution is 2.26. The molecule has 178 valence electrons. The molecule has 2 aromatic carbocycles. The average molecular weight is 484 g/mol. The van der Waals surface area contributed by atoms with Crippen molar-refractivity contribution in [3.63, 3.8) is 0 Å². The molecule has 0 radical (unpaired) electrons. The number of para-hydroxylation sites is 1. The number of rotatable bonds is 7. The van der Waals surface area contributed by atoms with Crippen LogP contribution in [0, 0.1) is 5.82 Å². The van der Waals surface area contributed by atoms with Gasteiger partial charge in [-0.2, -0.15) is 0 Å². The predicted molar refractivity (Wildman–Crippen MR) is 131 cm³/mol. The second-order valence-corrected chi connectivity index (χ2v) is 8.84. The van der Waals surface area contributed by atoms with E-state index in [-0.39, 0.29) is 5.69 Å². The van der Waals surface area contributed by atoms with Gasteiger partial charge >= 0.3 is 6.09 Å². The third-order valence-corrected chi connectivity index (χ3v) is 6.39. The van der Waals surface area contributed by atoms with E-state index in [1.54, 1.807) is 12.1 Å². The Balaban J connectivity index is 1.16. The van der Waals surface area contributed by atoms with Crippen LogP contribution < -0.4 is 15.5 Å². The lowest BCUT2D eigenvalue weighted by molar-refractivity contribution is 0.143. The van der Waals surface area contributed by atoms with Gasteiger partial charge in [-0.05, 0) is 68.5 Å². The second kappa shape index (κ2) is 9.90. The smallest absolute Gasteiger partial charge is 0.414 e. The van der Waals surface area contributed by atoms with Gasteiger partial charge in [0, 0.05) is 13.1 Å². The molecule has 2 fully saturated rings. The third-order valence-electron chi connectivity index (χ3n) is 6.10. The van der Waals surface area contributed by atoms with Crippen LogP contribution in [0.5, 0.6) is 0 Å². The molecule has 0 unspecified atom stereocenters. The van der Waals surface area contributed by atoms with E-state index in [2.05, 4.69) is 25.8 Å². The first-order valence-electron chi connectivity index (χ1n) is 11.4. The summed E-state index contributed by atoms with van der Waals surface area (Å²) in [6.07, 6.45) is 1.61. The van der Waals surface area contributed by atoms with E-state index >= 15 is 0 Å². The van der Waals surface area contributed by atoms with Crippen molar-refractivity contribution >= 4 is 40.1 Å². The molecule has 0 saturated carbocycles. The molecule has 0 spiro atoms. The fourth-order valence-corrected chi connectivity index (χ4v) is 4.51. The number of halogens is 1. The Morgan fingerprint density at radius 1 is 1.18 bits per heavy atom. The Labute approximate surface area is 201 Å². The molecule has 2 aliphatic rings. The molecule has 9 nitrogen and oxygen atoms in total. The number of nitrogens with one attached hydrogen (secondary N) is 2. The highest BCUT2D eigenvalue weighted by atomic mass is 32.1. The molecule has 0 bridgehead atoms. The average Bonchev–Trinajstić information content (AvgIpc) is 3.58. The molecule has 2 saturated heterocycles. The van der Waals surface area contributed by atoms with Crippen LogP contribution in [0.1, 0.15) is 12.8 Å². The molecule has 2 aliphatic heterocycles.